The lowest BCUT2D eigenvalue weighted by Crippen LogP contribution is -2.01. The van der Waals surface area contributed by atoms with Gasteiger partial charge in [-0.25, -0.2) is 0 Å². The fourth-order valence-electron chi connectivity index (χ4n) is 1.89. The lowest BCUT2D eigenvalue weighted by Gasteiger charge is -2.13. The van der Waals surface area contributed by atoms with Crippen LogP contribution in [0.1, 0.15) is 37.7 Å². The molecule has 3 heteroatoms. The number of methoxy groups -OCH3 is 1. The molecule has 96 valence electrons. The predicted molar refractivity (Wildman–Crippen MR) is 69.9 cm³/mol. The number of hydrogen-bond acceptors (Lipinski definition) is 3. The number of benzene rings is 1. The zero-order valence-electron chi connectivity index (χ0n) is 11.0. The SMILES string of the molecule is COc1ccc(C(C)C#N)cc1OCCC1CC1. The number of ether oxygens (including phenoxy) is 2. The van der Waals surface area contributed by atoms with Gasteiger partial charge in [0.15, 0.2) is 11.5 Å². The smallest absolute Gasteiger partial charge is 0.161 e. The summed E-state index contributed by atoms with van der Waals surface area (Å²) in [5, 5.41) is 8.94. The third kappa shape index (κ3) is 3.16. The van der Waals surface area contributed by atoms with Crippen molar-refractivity contribution in [3.63, 3.8) is 0 Å². The Hall–Kier alpha value is -1.69. The maximum atomic E-state index is 8.94. The van der Waals surface area contributed by atoms with E-state index in [0.29, 0.717) is 0 Å². The predicted octanol–water partition coefficient (Wildman–Crippen LogP) is 3.50. The molecule has 1 unspecified atom stereocenters. The highest BCUT2D eigenvalue weighted by Crippen LogP contribution is 2.34. The lowest BCUT2D eigenvalue weighted by molar-refractivity contribution is 0.282. The summed E-state index contributed by atoms with van der Waals surface area (Å²) in [6, 6.07) is 7.94. The third-order valence-corrected chi connectivity index (χ3v) is 3.36. The first kappa shape index (κ1) is 12.8. The van der Waals surface area contributed by atoms with Crippen LogP contribution in [0.4, 0.5) is 0 Å². The van der Waals surface area contributed by atoms with Crippen LogP contribution in [0.2, 0.25) is 0 Å². The van der Waals surface area contributed by atoms with Crippen LogP contribution < -0.4 is 9.47 Å². The van der Waals surface area contributed by atoms with E-state index >= 15 is 0 Å². The molecule has 1 aliphatic carbocycles. The van der Waals surface area contributed by atoms with E-state index in [1.165, 1.54) is 12.8 Å². The Labute approximate surface area is 108 Å². The highest BCUT2D eigenvalue weighted by atomic mass is 16.5. The van der Waals surface area contributed by atoms with Crippen molar-refractivity contribution in [3.8, 4) is 17.6 Å². The van der Waals surface area contributed by atoms with Gasteiger partial charge in [-0.1, -0.05) is 18.9 Å². The normalized spacial score (nSPS) is 15.8. The molecule has 2 rings (SSSR count). The zero-order valence-corrected chi connectivity index (χ0v) is 11.0. The van der Waals surface area contributed by atoms with Gasteiger partial charge in [-0.15, -0.1) is 0 Å². The van der Waals surface area contributed by atoms with Gasteiger partial charge >= 0.3 is 0 Å². The van der Waals surface area contributed by atoms with Gasteiger partial charge in [0.2, 0.25) is 0 Å². The van der Waals surface area contributed by atoms with Crippen molar-refractivity contribution in [3.05, 3.63) is 23.8 Å². The van der Waals surface area contributed by atoms with Crippen LogP contribution in [-0.4, -0.2) is 13.7 Å². The molecule has 0 bridgehead atoms. The molecule has 3 nitrogen and oxygen atoms in total. The average Bonchev–Trinajstić information content (AvgIpc) is 3.22. The Kier molecular flexibility index (Phi) is 4.09. The van der Waals surface area contributed by atoms with Crippen LogP contribution in [0.3, 0.4) is 0 Å². The van der Waals surface area contributed by atoms with Crippen molar-refractivity contribution in [2.45, 2.75) is 32.1 Å². The lowest BCUT2D eigenvalue weighted by atomic mass is 10.0. The van der Waals surface area contributed by atoms with Gasteiger partial charge < -0.3 is 9.47 Å². The van der Waals surface area contributed by atoms with Gasteiger partial charge in [0.05, 0.1) is 25.7 Å². The Bertz CT molecular complexity index is 446. The van der Waals surface area contributed by atoms with Gasteiger partial charge in [0, 0.05) is 0 Å². The van der Waals surface area contributed by atoms with E-state index in [1.54, 1.807) is 7.11 Å². The Morgan fingerprint density at radius 2 is 2.17 bits per heavy atom. The van der Waals surface area contributed by atoms with Gasteiger partial charge in [0.1, 0.15) is 0 Å². The molecule has 1 atom stereocenters. The topological polar surface area (TPSA) is 42.2 Å². The minimum absolute atomic E-state index is 0.123. The van der Waals surface area contributed by atoms with Crippen molar-refractivity contribution < 1.29 is 9.47 Å². The molecule has 1 saturated carbocycles. The van der Waals surface area contributed by atoms with Crippen molar-refractivity contribution in [2.24, 2.45) is 5.92 Å². The standard InChI is InChI=1S/C15H19NO2/c1-11(10-16)13-5-6-14(17-2)15(9-13)18-8-7-12-3-4-12/h5-6,9,11-12H,3-4,7-8H2,1-2H3. The second-order valence-corrected chi connectivity index (χ2v) is 4.84. The van der Waals surface area contributed by atoms with Crippen LogP contribution in [0, 0.1) is 17.2 Å². The highest BCUT2D eigenvalue weighted by Gasteiger charge is 2.21. The molecular formula is C15H19NO2. The summed E-state index contributed by atoms with van der Waals surface area (Å²) in [6.07, 6.45) is 3.79. The maximum Gasteiger partial charge on any atom is 0.161 e. The quantitative estimate of drug-likeness (QED) is 0.770. The van der Waals surface area contributed by atoms with Crippen molar-refractivity contribution in [1.29, 1.82) is 5.26 Å². The summed E-state index contributed by atoms with van der Waals surface area (Å²) in [7, 11) is 1.64. The van der Waals surface area contributed by atoms with Crippen LogP contribution in [-0.2, 0) is 0 Å². The van der Waals surface area contributed by atoms with E-state index in [0.717, 1.165) is 36.0 Å². The van der Waals surface area contributed by atoms with Crippen molar-refractivity contribution in [1.82, 2.24) is 0 Å². The van der Waals surface area contributed by atoms with E-state index in [9.17, 15) is 0 Å². The molecule has 1 aromatic carbocycles. The molecule has 1 fully saturated rings. The van der Waals surface area contributed by atoms with E-state index in [2.05, 4.69) is 6.07 Å². The Morgan fingerprint density at radius 1 is 1.39 bits per heavy atom. The molecule has 0 aliphatic heterocycles. The molecule has 0 radical (unpaired) electrons. The van der Waals surface area contributed by atoms with Crippen LogP contribution in [0.15, 0.2) is 18.2 Å². The van der Waals surface area contributed by atoms with E-state index in [4.69, 9.17) is 14.7 Å². The molecule has 0 heterocycles. The Morgan fingerprint density at radius 3 is 2.78 bits per heavy atom. The number of rotatable bonds is 6. The molecule has 1 aliphatic rings. The second kappa shape index (κ2) is 5.77. The molecule has 0 N–H and O–H groups in total. The number of nitrogens with zero attached hydrogens (tertiary/aromatic N) is 1. The third-order valence-electron chi connectivity index (χ3n) is 3.36. The van der Waals surface area contributed by atoms with E-state index in [-0.39, 0.29) is 5.92 Å². The highest BCUT2D eigenvalue weighted by molar-refractivity contribution is 5.44. The van der Waals surface area contributed by atoms with Crippen molar-refractivity contribution in [2.75, 3.05) is 13.7 Å². The summed E-state index contributed by atoms with van der Waals surface area (Å²) in [5.41, 5.74) is 0.972. The fourth-order valence-corrected chi connectivity index (χ4v) is 1.89. The van der Waals surface area contributed by atoms with Crippen LogP contribution in [0.5, 0.6) is 11.5 Å². The maximum absolute atomic E-state index is 8.94. The second-order valence-electron chi connectivity index (χ2n) is 4.84. The van der Waals surface area contributed by atoms with Crippen LogP contribution >= 0.6 is 0 Å². The first-order chi connectivity index (χ1) is 8.74. The van der Waals surface area contributed by atoms with Gasteiger partial charge in [-0.05, 0) is 37.0 Å². The number of hydrogen-bond donors (Lipinski definition) is 0. The van der Waals surface area contributed by atoms with Gasteiger partial charge in [-0.2, -0.15) is 5.26 Å². The summed E-state index contributed by atoms with van der Waals surface area (Å²) in [6.45, 7) is 2.61. The largest absolute Gasteiger partial charge is 0.493 e. The minimum atomic E-state index is -0.123. The summed E-state index contributed by atoms with van der Waals surface area (Å²) >= 11 is 0. The van der Waals surface area contributed by atoms with E-state index < -0.39 is 0 Å². The first-order valence-corrected chi connectivity index (χ1v) is 6.45. The minimum Gasteiger partial charge on any atom is -0.493 e. The zero-order chi connectivity index (χ0) is 13.0. The first-order valence-electron chi connectivity index (χ1n) is 6.45. The molecule has 0 aromatic heterocycles. The molecular weight excluding hydrogens is 226 g/mol. The summed E-state index contributed by atoms with van der Waals surface area (Å²) in [5.74, 6) is 2.22. The molecule has 0 amide bonds. The van der Waals surface area contributed by atoms with E-state index in [1.807, 2.05) is 25.1 Å². The van der Waals surface area contributed by atoms with Crippen molar-refractivity contribution >= 4 is 0 Å². The molecule has 1 aromatic rings. The molecule has 0 saturated heterocycles. The fraction of sp³-hybridized carbons (Fsp3) is 0.533. The summed E-state index contributed by atoms with van der Waals surface area (Å²) in [4.78, 5) is 0. The average molecular weight is 245 g/mol. The molecule has 0 spiro atoms. The molecule has 18 heavy (non-hydrogen) atoms. The Balaban J connectivity index is 2.05. The summed E-state index contributed by atoms with van der Waals surface area (Å²) < 4.78 is 11.1. The van der Waals surface area contributed by atoms with Crippen LogP contribution in [0.25, 0.3) is 0 Å². The van der Waals surface area contributed by atoms with Gasteiger partial charge in [0.25, 0.3) is 0 Å². The van der Waals surface area contributed by atoms with Gasteiger partial charge in [-0.3, -0.25) is 0 Å². The number of nitriles is 1. The monoisotopic (exact) mass is 245 g/mol.